The predicted octanol–water partition coefficient (Wildman–Crippen LogP) is 2.89. The molecule has 22 heavy (non-hydrogen) atoms. The molecule has 0 saturated heterocycles. The predicted molar refractivity (Wildman–Crippen MR) is 88.8 cm³/mol. The van der Waals surface area contributed by atoms with Gasteiger partial charge in [-0.15, -0.1) is 11.3 Å². The van der Waals surface area contributed by atoms with Gasteiger partial charge in [0.25, 0.3) is 0 Å². The van der Waals surface area contributed by atoms with Crippen LogP contribution in [0.3, 0.4) is 0 Å². The number of nitrogens with two attached hydrogens (primary N) is 1. The van der Waals surface area contributed by atoms with E-state index in [0.717, 1.165) is 22.2 Å². The number of hydrogen-bond donors (Lipinski definition) is 2. The summed E-state index contributed by atoms with van der Waals surface area (Å²) in [6.07, 6.45) is 2.45. The second kappa shape index (κ2) is 6.11. The maximum Gasteiger partial charge on any atom is 0.244 e. The molecule has 0 unspecified atom stereocenters. The number of anilines is 1. The van der Waals surface area contributed by atoms with E-state index >= 15 is 0 Å². The summed E-state index contributed by atoms with van der Waals surface area (Å²) < 4.78 is 0. The van der Waals surface area contributed by atoms with Crippen LogP contribution in [-0.4, -0.2) is 15.9 Å². The highest BCUT2D eigenvalue weighted by Crippen LogP contribution is 2.30. The van der Waals surface area contributed by atoms with E-state index in [2.05, 4.69) is 28.3 Å². The maximum atomic E-state index is 11.8. The van der Waals surface area contributed by atoms with Gasteiger partial charge in [0.05, 0.1) is 5.39 Å². The highest BCUT2D eigenvalue weighted by Gasteiger charge is 2.19. The molecule has 0 spiro atoms. The van der Waals surface area contributed by atoms with Gasteiger partial charge in [-0.2, -0.15) is 0 Å². The molecule has 2 heterocycles. The van der Waals surface area contributed by atoms with Gasteiger partial charge in [-0.3, -0.25) is 4.79 Å². The van der Waals surface area contributed by atoms with Crippen molar-refractivity contribution in [3.63, 3.8) is 0 Å². The molecule has 0 radical (unpaired) electrons. The first-order chi connectivity index (χ1) is 10.7. The lowest BCUT2D eigenvalue weighted by Crippen LogP contribution is -2.28. The van der Waals surface area contributed by atoms with Crippen LogP contribution in [0, 0.1) is 0 Å². The molecule has 2 aromatic heterocycles. The SMILES string of the molecule is CCc1cc2c(N[C@@H](C(N)=O)c3ccccc3)ncnc2s1. The first-order valence-corrected chi connectivity index (χ1v) is 7.85. The number of nitrogens with zero attached hydrogens (tertiary/aromatic N) is 2. The molecule has 0 aliphatic rings. The third kappa shape index (κ3) is 2.78. The summed E-state index contributed by atoms with van der Waals surface area (Å²) in [5.74, 6) is 0.192. The van der Waals surface area contributed by atoms with Gasteiger partial charge < -0.3 is 11.1 Å². The zero-order valence-electron chi connectivity index (χ0n) is 12.1. The summed E-state index contributed by atoms with van der Waals surface area (Å²) in [4.78, 5) is 22.5. The van der Waals surface area contributed by atoms with E-state index in [4.69, 9.17) is 5.73 Å². The van der Waals surface area contributed by atoms with Gasteiger partial charge in [0.15, 0.2) is 0 Å². The molecule has 112 valence electrons. The van der Waals surface area contributed by atoms with E-state index in [9.17, 15) is 4.79 Å². The number of aromatic nitrogens is 2. The monoisotopic (exact) mass is 312 g/mol. The summed E-state index contributed by atoms with van der Waals surface area (Å²) in [5, 5.41) is 4.08. The normalized spacial score (nSPS) is 12.2. The second-order valence-electron chi connectivity index (χ2n) is 4.90. The van der Waals surface area contributed by atoms with Gasteiger partial charge in [-0.1, -0.05) is 37.3 Å². The number of hydrogen-bond acceptors (Lipinski definition) is 5. The number of primary amides is 1. The Labute approximate surface area is 132 Å². The van der Waals surface area contributed by atoms with Crippen molar-refractivity contribution in [3.8, 4) is 0 Å². The molecular formula is C16H16N4OS. The summed E-state index contributed by atoms with van der Waals surface area (Å²) >= 11 is 1.64. The molecule has 0 fully saturated rings. The lowest BCUT2D eigenvalue weighted by atomic mass is 10.1. The Bertz CT molecular complexity index is 800. The molecule has 3 N–H and O–H groups in total. The summed E-state index contributed by atoms with van der Waals surface area (Å²) in [6, 6.07) is 10.8. The van der Waals surface area contributed by atoms with E-state index in [1.165, 1.54) is 11.2 Å². The molecule has 0 bridgehead atoms. The van der Waals surface area contributed by atoms with Crippen LogP contribution in [0.2, 0.25) is 0 Å². The first kappa shape index (κ1) is 14.5. The molecule has 3 rings (SSSR count). The lowest BCUT2D eigenvalue weighted by Gasteiger charge is -2.16. The van der Waals surface area contributed by atoms with Crippen LogP contribution >= 0.6 is 11.3 Å². The van der Waals surface area contributed by atoms with E-state index in [1.807, 2.05) is 30.3 Å². The molecule has 6 heteroatoms. The zero-order valence-corrected chi connectivity index (χ0v) is 12.9. The molecule has 5 nitrogen and oxygen atoms in total. The summed E-state index contributed by atoms with van der Waals surface area (Å²) in [7, 11) is 0. The van der Waals surface area contributed by atoms with Gasteiger partial charge >= 0.3 is 0 Å². The molecule has 1 amide bonds. The topological polar surface area (TPSA) is 80.9 Å². The minimum absolute atomic E-state index is 0.441. The van der Waals surface area contributed by atoms with Crippen molar-refractivity contribution in [3.05, 3.63) is 53.2 Å². The number of benzene rings is 1. The number of thiophene rings is 1. The fourth-order valence-electron chi connectivity index (χ4n) is 2.30. The Hall–Kier alpha value is -2.47. The van der Waals surface area contributed by atoms with Crippen molar-refractivity contribution >= 4 is 33.3 Å². The van der Waals surface area contributed by atoms with Crippen LogP contribution in [0.15, 0.2) is 42.7 Å². The number of rotatable bonds is 5. The number of carbonyl (C=O) groups is 1. The van der Waals surface area contributed by atoms with Crippen molar-refractivity contribution in [2.75, 3.05) is 5.32 Å². The van der Waals surface area contributed by atoms with Crippen LogP contribution < -0.4 is 11.1 Å². The second-order valence-corrected chi connectivity index (χ2v) is 6.01. The average molecular weight is 312 g/mol. The van der Waals surface area contributed by atoms with Crippen molar-refractivity contribution in [2.45, 2.75) is 19.4 Å². The molecule has 3 aromatic rings. The Morgan fingerprint density at radius 2 is 2.09 bits per heavy atom. The van der Waals surface area contributed by atoms with Crippen LogP contribution in [0.4, 0.5) is 5.82 Å². The number of aryl methyl sites for hydroxylation is 1. The number of nitrogens with one attached hydrogen (secondary N) is 1. The highest BCUT2D eigenvalue weighted by atomic mass is 32.1. The van der Waals surface area contributed by atoms with E-state index in [-0.39, 0.29) is 0 Å². The Morgan fingerprint density at radius 3 is 2.77 bits per heavy atom. The molecule has 1 aromatic carbocycles. The van der Waals surface area contributed by atoms with Crippen LogP contribution in [-0.2, 0) is 11.2 Å². The number of fused-ring (bicyclic) bond motifs is 1. The van der Waals surface area contributed by atoms with Gasteiger partial charge in [-0.25, -0.2) is 9.97 Å². The van der Waals surface area contributed by atoms with Crippen LogP contribution in [0.1, 0.15) is 23.4 Å². The summed E-state index contributed by atoms with van der Waals surface area (Å²) in [5.41, 5.74) is 6.36. The first-order valence-electron chi connectivity index (χ1n) is 7.03. The lowest BCUT2D eigenvalue weighted by molar-refractivity contribution is -0.118. The fraction of sp³-hybridized carbons (Fsp3) is 0.188. The third-order valence-electron chi connectivity index (χ3n) is 3.43. The van der Waals surface area contributed by atoms with Crippen molar-refractivity contribution < 1.29 is 4.79 Å². The zero-order chi connectivity index (χ0) is 15.5. The average Bonchev–Trinajstić information content (AvgIpc) is 2.97. The highest BCUT2D eigenvalue weighted by molar-refractivity contribution is 7.18. The van der Waals surface area contributed by atoms with Crippen molar-refractivity contribution in [1.29, 1.82) is 0 Å². The van der Waals surface area contributed by atoms with Gasteiger partial charge in [-0.05, 0) is 18.1 Å². The minimum atomic E-state index is -0.621. The largest absolute Gasteiger partial charge is 0.368 e. The Balaban J connectivity index is 2.00. The minimum Gasteiger partial charge on any atom is -0.368 e. The molecule has 1 atom stereocenters. The van der Waals surface area contributed by atoms with E-state index < -0.39 is 11.9 Å². The standard InChI is InChI=1S/C16H16N4OS/c1-2-11-8-12-15(18-9-19-16(12)22-11)20-13(14(17)21)10-6-4-3-5-7-10/h3-9,13H,2H2,1H3,(H2,17,21)(H,18,19,20)/t13-/m1/s1. The Kier molecular flexibility index (Phi) is 4.02. The van der Waals surface area contributed by atoms with E-state index in [0.29, 0.717) is 5.82 Å². The molecular weight excluding hydrogens is 296 g/mol. The Morgan fingerprint density at radius 1 is 1.32 bits per heavy atom. The van der Waals surface area contributed by atoms with E-state index in [1.54, 1.807) is 11.3 Å². The van der Waals surface area contributed by atoms with Gasteiger partial charge in [0.1, 0.15) is 23.0 Å². The van der Waals surface area contributed by atoms with Crippen molar-refractivity contribution in [2.24, 2.45) is 5.73 Å². The summed E-state index contributed by atoms with van der Waals surface area (Å²) in [6.45, 7) is 2.10. The fourth-order valence-corrected chi connectivity index (χ4v) is 3.23. The quantitative estimate of drug-likeness (QED) is 0.759. The van der Waals surface area contributed by atoms with Gasteiger partial charge in [0.2, 0.25) is 5.91 Å². The van der Waals surface area contributed by atoms with Crippen LogP contribution in [0.5, 0.6) is 0 Å². The smallest absolute Gasteiger partial charge is 0.244 e. The van der Waals surface area contributed by atoms with Crippen LogP contribution in [0.25, 0.3) is 10.2 Å². The molecule has 0 saturated carbocycles. The molecule has 0 aliphatic carbocycles. The number of carbonyl (C=O) groups excluding carboxylic acids is 1. The van der Waals surface area contributed by atoms with Gasteiger partial charge in [0, 0.05) is 4.88 Å². The number of amides is 1. The van der Waals surface area contributed by atoms with Crippen molar-refractivity contribution in [1.82, 2.24) is 9.97 Å². The molecule has 0 aliphatic heterocycles. The maximum absolute atomic E-state index is 11.8. The third-order valence-corrected chi connectivity index (χ3v) is 4.61.